The third kappa shape index (κ3) is 4.82. The van der Waals surface area contributed by atoms with Crippen LogP contribution in [0, 0.1) is 6.92 Å². The molecular formula is C19H15Cl2NO2S. The molecule has 0 atom stereocenters. The fourth-order valence-electron chi connectivity index (χ4n) is 2.22. The number of thiazole rings is 1. The van der Waals surface area contributed by atoms with E-state index in [-0.39, 0.29) is 19.0 Å². The summed E-state index contributed by atoms with van der Waals surface area (Å²) in [4.78, 5) is 16.5. The number of halogens is 2. The average molecular weight is 392 g/mol. The Morgan fingerprint density at radius 2 is 1.88 bits per heavy atom. The molecule has 0 saturated carbocycles. The zero-order valence-electron chi connectivity index (χ0n) is 13.5. The van der Waals surface area contributed by atoms with Gasteiger partial charge < -0.3 is 4.74 Å². The van der Waals surface area contributed by atoms with Crippen molar-refractivity contribution in [2.24, 2.45) is 0 Å². The molecule has 0 aliphatic heterocycles. The van der Waals surface area contributed by atoms with Crippen LogP contribution in [-0.4, -0.2) is 11.0 Å². The Morgan fingerprint density at radius 1 is 1.12 bits per heavy atom. The zero-order valence-corrected chi connectivity index (χ0v) is 15.8. The van der Waals surface area contributed by atoms with E-state index in [1.54, 1.807) is 18.2 Å². The number of nitrogens with zero attached hydrogens (tertiary/aromatic N) is 1. The van der Waals surface area contributed by atoms with E-state index in [9.17, 15) is 4.79 Å². The van der Waals surface area contributed by atoms with Crippen LogP contribution in [0.1, 0.15) is 16.8 Å². The summed E-state index contributed by atoms with van der Waals surface area (Å²) < 4.78 is 5.30. The number of aryl methyl sites for hydroxylation is 1. The molecule has 2 aromatic carbocycles. The number of carbonyl (C=O) groups excluding carboxylic acids is 1. The zero-order chi connectivity index (χ0) is 17.8. The van der Waals surface area contributed by atoms with Gasteiger partial charge in [-0.15, -0.1) is 11.3 Å². The minimum Gasteiger partial charge on any atom is -0.459 e. The molecule has 0 fully saturated rings. The molecule has 0 unspecified atom stereocenters. The molecule has 3 aromatic rings. The van der Waals surface area contributed by atoms with Crippen LogP contribution in [0.25, 0.3) is 10.6 Å². The fourth-order valence-corrected chi connectivity index (χ4v) is 3.35. The van der Waals surface area contributed by atoms with Gasteiger partial charge in [-0.05, 0) is 24.6 Å². The van der Waals surface area contributed by atoms with E-state index in [1.165, 1.54) is 16.9 Å². The molecular weight excluding hydrogens is 377 g/mol. The van der Waals surface area contributed by atoms with Gasteiger partial charge in [-0.2, -0.15) is 0 Å². The topological polar surface area (TPSA) is 39.2 Å². The summed E-state index contributed by atoms with van der Waals surface area (Å²) in [7, 11) is 0. The van der Waals surface area contributed by atoms with Gasteiger partial charge in [0.15, 0.2) is 0 Å². The first kappa shape index (κ1) is 17.9. The highest BCUT2D eigenvalue weighted by Gasteiger charge is 2.10. The third-order valence-corrected chi connectivity index (χ3v) is 5.24. The van der Waals surface area contributed by atoms with E-state index in [0.29, 0.717) is 10.0 Å². The minimum atomic E-state index is -0.330. The van der Waals surface area contributed by atoms with Crippen LogP contribution >= 0.6 is 34.5 Å². The summed E-state index contributed by atoms with van der Waals surface area (Å²) in [5.74, 6) is -0.330. The maximum Gasteiger partial charge on any atom is 0.310 e. The average Bonchev–Trinajstić information content (AvgIpc) is 3.06. The first-order valence-electron chi connectivity index (χ1n) is 7.62. The first-order valence-corrected chi connectivity index (χ1v) is 9.26. The Bertz CT molecular complexity index is 891. The number of benzene rings is 2. The minimum absolute atomic E-state index is 0.145. The smallest absolute Gasteiger partial charge is 0.310 e. The number of carbonyl (C=O) groups is 1. The second-order valence-electron chi connectivity index (χ2n) is 5.60. The number of aromatic nitrogens is 1. The maximum atomic E-state index is 12.0. The molecule has 3 rings (SSSR count). The summed E-state index contributed by atoms with van der Waals surface area (Å²) >= 11 is 13.3. The van der Waals surface area contributed by atoms with Crippen molar-refractivity contribution in [3.63, 3.8) is 0 Å². The molecule has 0 aliphatic carbocycles. The van der Waals surface area contributed by atoms with Crippen molar-refractivity contribution in [2.45, 2.75) is 20.0 Å². The predicted molar refractivity (Wildman–Crippen MR) is 102 cm³/mol. The Hall–Kier alpha value is -1.88. The number of esters is 1. The van der Waals surface area contributed by atoms with Crippen LogP contribution in [0.4, 0.5) is 0 Å². The predicted octanol–water partition coefficient (Wildman–Crippen LogP) is 5.71. The van der Waals surface area contributed by atoms with Crippen molar-refractivity contribution in [1.29, 1.82) is 0 Å². The lowest BCUT2D eigenvalue weighted by Gasteiger charge is -2.04. The van der Waals surface area contributed by atoms with Gasteiger partial charge in [0.05, 0.1) is 22.2 Å². The summed E-state index contributed by atoms with van der Waals surface area (Å²) in [6, 6.07) is 13.3. The first-order chi connectivity index (χ1) is 12.0. The highest BCUT2D eigenvalue weighted by atomic mass is 35.5. The molecule has 0 bridgehead atoms. The van der Waals surface area contributed by atoms with E-state index < -0.39 is 0 Å². The van der Waals surface area contributed by atoms with Crippen molar-refractivity contribution in [1.82, 2.24) is 4.98 Å². The van der Waals surface area contributed by atoms with Gasteiger partial charge >= 0.3 is 5.97 Å². The standard InChI is InChI=1S/C19H15Cl2NO2S/c1-12-2-5-14(6-3-12)19-22-15(11-25-19)10-24-18(23)9-13-4-7-16(20)17(21)8-13/h2-8,11H,9-10H2,1H3. The molecule has 1 heterocycles. The molecule has 1 aromatic heterocycles. The molecule has 0 amide bonds. The summed E-state index contributed by atoms with van der Waals surface area (Å²) in [5, 5.41) is 3.70. The van der Waals surface area contributed by atoms with Gasteiger partial charge in [-0.25, -0.2) is 4.98 Å². The van der Waals surface area contributed by atoms with Gasteiger partial charge in [0.25, 0.3) is 0 Å². The van der Waals surface area contributed by atoms with E-state index >= 15 is 0 Å². The quantitative estimate of drug-likeness (QED) is 0.522. The second kappa shape index (κ2) is 8.00. The fraction of sp³-hybridized carbons (Fsp3) is 0.158. The van der Waals surface area contributed by atoms with E-state index in [2.05, 4.69) is 4.98 Å². The lowest BCUT2D eigenvalue weighted by atomic mass is 10.1. The number of ether oxygens (including phenoxy) is 1. The van der Waals surface area contributed by atoms with E-state index in [0.717, 1.165) is 21.8 Å². The molecule has 0 spiro atoms. The molecule has 128 valence electrons. The van der Waals surface area contributed by atoms with Crippen LogP contribution in [0.5, 0.6) is 0 Å². The largest absolute Gasteiger partial charge is 0.459 e. The second-order valence-corrected chi connectivity index (χ2v) is 7.27. The van der Waals surface area contributed by atoms with Gasteiger partial charge in [0, 0.05) is 10.9 Å². The summed E-state index contributed by atoms with van der Waals surface area (Å²) in [5.41, 5.74) is 3.77. The number of rotatable bonds is 5. The monoisotopic (exact) mass is 391 g/mol. The van der Waals surface area contributed by atoms with Crippen LogP contribution in [0.3, 0.4) is 0 Å². The highest BCUT2D eigenvalue weighted by Crippen LogP contribution is 2.25. The number of hydrogen-bond acceptors (Lipinski definition) is 4. The maximum absolute atomic E-state index is 12.0. The van der Waals surface area contributed by atoms with E-state index in [1.807, 2.05) is 36.6 Å². The Morgan fingerprint density at radius 3 is 2.60 bits per heavy atom. The van der Waals surface area contributed by atoms with Crippen LogP contribution < -0.4 is 0 Å². The van der Waals surface area contributed by atoms with Gasteiger partial charge in [-0.3, -0.25) is 4.79 Å². The lowest BCUT2D eigenvalue weighted by Crippen LogP contribution is -2.08. The van der Waals surface area contributed by atoms with E-state index in [4.69, 9.17) is 27.9 Å². The van der Waals surface area contributed by atoms with Gasteiger partial charge in [0.2, 0.25) is 0 Å². The summed E-state index contributed by atoms with van der Waals surface area (Å²) in [6.07, 6.45) is 0.145. The Labute approximate surface area is 160 Å². The van der Waals surface area contributed by atoms with Crippen molar-refractivity contribution in [3.8, 4) is 10.6 Å². The summed E-state index contributed by atoms with van der Waals surface area (Å²) in [6.45, 7) is 2.20. The van der Waals surface area contributed by atoms with Crippen molar-refractivity contribution in [2.75, 3.05) is 0 Å². The molecule has 3 nitrogen and oxygen atoms in total. The Kier molecular flexibility index (Phi) is 5.74. The molecule has 0 N–H and O–H groups in total. The lowest BCUT2D eigenvalue weighted by molar-refractivity contribution is -0.144. The van der Waals surface area contributed by atoms with Gasteiger partial charge in [0.1, 0.15) is 11.6 Å². The van der Waals surface area contributed by atoms with Gasteiger partial charge in [-0.1, -0.05) is 59.1 Å². The SMILES string of the molecule is Cc1ccc(-c2nc(COC(=O)Cc3ccc(Cl)c(Cl)c3)cs2)cc1. The Balaban J connectivity index is 1.57. The highest BCUT2D eigenvalue weighted by molar-refractivity contribution is 7.13. The van der Waals surface area contributed by atoms with Crippen molar-refractivity contribution in [3.05, 3.63) is 74.7 Å². The molecule has 0 radical (unpaired) electrons. The van der Waals surface area contributed by atoms with Crippen LogP contribution in [0.15, 0.2) is 47.8 Å². The van der Waals surface area contributed by atoms with Crippen molar-refractivity contribution >= 4 is 40.5 Å². The van der Waals surface area contributed by atoms with Crippen LogP contribution in [-0.2, 0) is 22.6 Å². The molecule has 6 heteroatoms. The molecule has 0 aliphatic rings. The normalized spacial score (nSPS) is 10.7. The number of hydrogen-bond donors (Lipinski definition) is 0. The van der Waals surface area contributed by atoms with Crippen LogP contribution in [0.2, 0.25) is 10.0 Å². The van der Waals surface area contributed by atoms with Crippen molar-refractivity contribution < 1.29 is 9.53 Å². The third-order valence-electron chi connectivity index (χ3n) is 3.56. The molecule has 25 heavy (non-hydrogen) atoms. The molecule has 0 saturated heterocycles.